The van der Waals surface area contributed by atoms with Gasteiger partial charge < -0.3 is 15.7 Å². The first-order valence-corrected chi connectivity index (χ1v) is 5.73. The molecule has 1 unspecified atom stereocenters. The van der Waals surface area contributed by atoms with Crippen molar-refractivity contribution in [2.24, 2.45) is 0 Å². The lowest BCUT2D eigenvalue weighted by Gasteiger charge is -2.14. The van der Waals surface area contributed by atoms with Gasteiger partial charge in [-0.1, -0.05) is 13.8 Å². The number of rotatable bonds is 7. The predicted octanol–water partition coefficient (Wildman–Crippen LogP) is 1.48. The molecule has 0 aromatic carbocycles. The molecule has 0 saturated carbocycles. The van der Waals surface area contributed by atoms with Gasteiger partial charge >= 0.3 is 0 Å². The molecule has 0 bridgehead atoms. The van der Waals surface area contributed by atoms with Crippen molar-refractivity contribution in [2.75, 3.05) is 23.8 Å². The van der Waals surface area contributed by atoms with E-state index in [1.807, 2.05) is 6.92 Å². The van der Waals surface area contributed by atoms with Crippen LogP contribution < -0.4 is 10.6 Å². The largest absolute Gasteiger partial charge is 0.394 e. The second kappa shape index (κ2) is 7.00. The van der Waals surface area contributed by atoms with Gasteiger partial charge in [-0.05, 0) is 12.8 Å². The summed E-state index contributed by atoms with van der Waals surface area (Å²) in [6.07, 6.45) is 5.26. The topological polar surface area (TPSA) is 70.1 Å². The Morgan fingerprint density at radius 1 is 1.31 bits per heavy atom. The van der Waals surface area contributed by atoms with E-state index < -0.39 is 0 Å². The van der Waals surface area contributed by atoms with E-state index in [0.717, 1.165) is 25.2 Å². The molecule has 5 heteroatoms. The maximum Gasteiger partial charge on any atom is 0.147 e. The summed E-state index contributed by atoms with van der Waals surface area (Å²) in [5.74, 6) is 1.46. The quantitative estimate of drug-likeness (QED) is 0.654. The first-order chi connectivity index (χ1) is 7.80. The van der Waals surface area contributed by atoms with E-state index in [2.05, 4.69) is 27.5 Å². The third-order valence-electron chi connectivity index (χ3n) is 2.26. The van der Waals surface area contributed by atoms with Crippen LogP contribution in [0, 0.1) is 0 Å². The molecule has 0 saturated heterocycles. The number of aromatic nitrogens is 2. The SMILES string of the molecule is CCCNc1cncc(NC(CC)CO)n1. The fourth-order valence-corrected chi connectivity index (χ4v) is 1.26. The van der Waals surface area contributed by atoms with Crippen molar-refractivity contribution in [3.63, 3.8) is 0 Å². The second-order valence-corrected chi connectivity index (χ2v) is 3.65. The number of hydrogen-bond donors (Lipinski definition) is 3. The zero-order valence-corrected chi connectivity index (χ0v) is 9.90. The Morgan fingerprint density at radius 3 is 2.69 bits per heavy atom. The molecule has 5 nitrogen and oxygen atoms in total. The van der Waals surface area contributed by atoms with Crippen molar-refractivity contribution in [3.05, 3.63) is 12.4 Å². The van der Waals surface area contributed by atoms with Gasteiger partial charge in [0.15, 0.2) is 0 Å². The summed E-state index contributed by atoms with van der Waals surface area (Å²) < 4.78 is 0. The smallest absolute Gasteiger partial charge is 0.147 e. The molecule has 1 heterocycles. The molecule has 16 heavy (non-hydrogen) atoms. The predicted molar refractivity (Wildman–Crippen MR) is 65.6 cm³/mol. The molecule has 0 aliphatic rings. The molecule has 1 rings (SSSR count). The highest BCUT2D eigenvalue weighted by atomic mass is 16.3. The third kappa shape index (κ3) is 4.02. The van der Waals surface area contributed by atoms with Gasteiger partial charge in [0, 0.05) is 6.54 Å². The lowest BCUT2D eigenvalue weighted by molar-refractivity contribution is 0.271. The highest BCUT2D eigenvalue weighted by molar-refractivity contribution is 5.42. The summed E-state index contributed by atoms with van der Waals surface area (Å²) in [5, 5.41) is 15.4. The van der Waals surface area contributed by atoms with Crippen LogP contribution in [0.3, 0.4) is 0 Å². The molecule has 0 amide bonds. The summed E-state index contributed by atoms with van der Waals surface area (Å²) in [6.45, 7) is 5.10. The van der Waals surface area contributed by atoms with Crippen LogP contribution in [0.2, 0.25) is 0 Å². The van der Waals surface area contributed by atoms with E-state index >= 15 is 0 Å². The van der Waals surface area contributed by atoms with Crippen molar-refractivity contribution in [3.8, 4) is 0 Å². The van der Waals surface area contributed by atoms with E-state index in [1.54, 1.807) is 12.4 Å². The Hall–Kier alpha value is -1.36. The Labute approximate surface area is 96.3 Å². The first kappa shape index (κ1) is 12.7. The minimum atomic E-state index is 0.0377. The number of nitrogens with zero attached hydrogens (tertiary/aromatic N) is 2. The number of aliphatic hydroxyl groups excluding tert-OH is 1. The summed E-state index contributed by atoms with van der Waals surface area (Å²) in [4.78, 5) is 8.44. The van der Waals surface area contributed by atoms with Crippen molar-refractivity contribution in [2.45, 2.75) is 32.7 Å². The van der Waals surface area contributed by atoms with Gasteiger partial charge in [0.1, 0.15) is 11.6 Å². The van der Waals surface area contributed by atoms with Crippen LogP contribution in [0.1, 0.15) is 26.7 Å². The van der Waals surface area contributed by atoms with Crippen LogP contribution in [-0.4, -0.2) is 34.3 Å². The van der Waals surface area contributed by atoms with Gasteiger partial charge in [0.05, 0.1) is 25.0 Å². The number of anilines is 2. The molecule has 0 radical (unpaired) electrons. The van der Waals surface area contributed by atoms with Crippen molar-refractivity contribution in [1.29, 1.82) is 0 Å². The molecule has 0 aliphatic carbocycles. The highest BCUT2D eigenvalue weighted by Gasteiger charge is 2.05. The van der Waals surface area contributed by atoms with Gasteiger partial charge in [-0.15, -0.1) is 0 Å². The molecule has 1 aromatic heterocycles. The van der Waals surface area contributed by atoms with E-state index in [4.69, 9.17) is 5.11 Å². The Kier molecular flexibility index (Phi) is 5.56. The highest BCUT2D eigenvalue weighted by Crippen LogP contribution is 2.08. The number of nitrogens with one attached hydrogen (secondary N) is 2. The molecule has 1 aromatic rings. The monoisotopic (exact) mass is 224 g/mol. The Morgan fingerprint density at radius 2 is 2.06 bits per heavy atom. The Bertz CT molecular complexity index is 302. The standard InChI is InChI=1S/C11H20N4O/c1-3-5-13-10-6-12-7-11(15-10)14-9(4-2)8-16/h6-7,9,16H,3-5,8H2,1-2H3,(H2,13,14,15). The molecule has 0 aliphatic heterocycles. The summed E-state index contributed by atoms with van der Waals surface area (Å²) in [5.41, 5.74) is 0. The Balaban J connectivity index is 2.59. The molecule has 90 valence electrons. The lowest BCUT2D eigenvalue weighted by Crippen LogP contribution is -2.23. The molecular weight excluding hydrogens is 204 g/mol. The first-order valence-electron chi connectivity index (χ1n) is 5.73. The molecule has 3 N–H and O–H groups in total. The van der Waals surface area contributed by atoms with Crippen molar-refractivity contribution in [1.82, 2.24) is 9.97 Å². The van der Waals surface area contributed by atoms with Crippen molar-refractivity contribution < 1.29 is 5.11 Å². The maximum absolute atomic E-state index is 9.07. The van der Waals surface area contributed by atoms with Gasteiger partial charge in [0.25, 0.3) is 0 Å². The average molecular weight is 224 g/mol. The van der Waals surface area contributed by atoms with Crippen molar-refractivity contribution >= 4 is 11.6 Å². The molecule has 0 fully saturated rings. The third-order valence-corrected chi connectivity index (χ3v) is 2.26. The van der Waals surface area contributed by atoms with Crippen LogP contribution in [0.25, 0.3) is 0 Å². The summed E-state index contributed by atoms with van der Waals surface area (Å²) in [7, 11) is 0. The lowest BCUT2D eigenvalue weighted by atomic mass is 10.2. The normalized spacial score (nSPS) is 12.2. The number of aliphatic hydroxyl groups is 1. The zero-order chi connectivity index (χ0) is 11.8. The van der Waals surface area contributed by atoms with Crippen LogP contribution in [0.5, 0.6) is 0 Å². The summed E-state index contributed by atoms with van der Waals surface area (Å²) in [6, 6.07) is 0.0377. The van der Waals surface area contributed by atoms with Crippen LogP contribution >= 0.6 is 0 Å². The van der Waals surface area contributed by atoms with Gasteiger partial charge in [-0.3, -0.25) is 4.98 Å². The van der Waals surface area contributed by atoms with Gasteiger partial charge in [-0.25, -0.2) is 4.98 Å². The average Bonchev–Trinajstić information content (AvgIpc) is 2.34. The maximum atomic E-state index is 9.07. The second-order valence-electron chi connectivity index (χ2n) is 3.65. The van der Waals surface area contributed by atoms with E-state index in [1.165, 1.54) is 0 Å². The summed E-state index contributed by atoms with van der Waals surface area (Å²) >= 11 is 0. The minimum absolute atomic E-state index is 0.0377. The van der Waals surface area contributed by atoms with Crippen LogP contribution in [0.15, 0.2) is 12.4 Å². The van der Waals surface area contributed by atoms with Crippen LogP contribution in [0.4, 0.5) is 11.6 Å². The molecule has 0 spiro atoms. The fraction of sp³-hybridized carbons (Fsp3) is 0.636. The van der Waals surface area contributed by atoms with Gasteiger partial charge in [0.2, 0.25) is 0 Å². The van der Waals surface area contributed by atoms with Gasteiger partial charge in [-0.2, -0.15) is 0 Å². The van der Waals surface area contributed by atoms with E-state index in [0.29, 0.717) is 5.82 Å². The molecule has 1 atom stereocenters. The van der Waals surface area contributed by atoms with E-state index in [9.17, 15) is 0 Å². The fourth-order valence-electron chi connectivity index (χ4n) is 1.26. The minimum Gasteiger partial charge on any atom is -0.394 e. The molecular formula is C11H20N4O. The van der Waals surface area contributed by atoms with E-state index in [-0.39, 0.29) is 12.6 Å². The zero-order valence-electron chi connectivity index (χ0n) is 9.90. The number of hydrogen-bond acceptors (Lipinski definition) is 5. The van der Waals surface area contributed by atoms with Crippen LogP contribution in [-0.2, 0) is 0 Å².